The summed E-state index contributed by atoms with van der Waals surface area (Å²) >= 11 is 12.1. The predicted molar refractivity (Wildman–Crippen MR) is 105 cm³/mol. The Morgan fingerprint density at radius 1 is 1.19 bits per heavy atom. The average Bonchev–Trinajstić information content (AvgIpc) is 3.33. The van der Waals surface area contributed by atoms with Crippen molar-refractivity contribution >= 4 is 29.1 Å². The average molecular weight is 395 g/mol. The third-order valence-electron chi connectivity index (χ3n) is 4.51. The number of nitrogens with one attached hydrogen (secondary N) is 1. The number of nitrogens with zero attached hydrogens (tertiary/aromatic N) is 3. The van der Waals surface area contributed by atoms with Crippen molar-refractivity contribution in [3.8, 4) is 0 Å². The van der Waals surface area contributed by atoms with E-state index in [0.717, 1.165) is 24.2 Å². The van der Waals surface area contributed by atoms with Crippen LogP contribution in [0.15, 0.2) is 24.3 Å². The number of carbonyl (C=O) groups is 1. The summed E-state index contributed by atoms with van der Waals surface area (Å²) in [6, 6.07) is 7.38. The van der Waals surface area contributed by atoms with E-state index in [-0.39, 0.29) is 5.91 Å². The maximum Gasteiger partial charge on any atom is 0.274 e. The number of carbonyl (C=O) groups excluding carboxylic acids is 1. The predicted octanol–water partition coefficient (Wildman–Crippen LogP) is 4.19. The van der Waals surface area contributed by atoms with Gasteiger partial charge in [-0.1, -0.05) is 29.3 Å². The lowest BCUT2D eigenvalue weighted by Crippen LogP contribution is -2.33. The van der Waals surface area contributed by atoms with Gasteiger partial charge < -0.3 is 9.80 Å². The van der Waals surface area contributed by atoms with Crippen LogP contribution < -0.4 is 0 Å². The molecule has 1 aliphatic carbocycles. The monoisotopic (exact) mass is 394 g/mol. The zero-order valence-corrected chi connectivity index (χ0v) is 16.6. The number of halogens is 2. The number of rotatable bonds is 8. The molecule has 140 valence electrons. The molecule has 0 atom stereocenters. The van der Waals surface area contributed by atoms with Crippen molar-refractivity contribution in [1.29, 1.82) is 0 Å². The van der Waals surface area contributed by atoms with Crippen molar-refractivity contribution in [3.63, 3.8) is 0 Å². The maximum absolute atomic E-state index is 13.0. The second-order valence-electron chi connectivity index (χ2n) is 7.11. The van der Waals surface area contributed by atoms with Crippen LogP contribution in [0.25, 0.3) is 0 Å². The number of H-pyrrole nitrogens is 1. The Morgan fingerprint density at radius 2 is 1.96 bits per heavy atom. The summed E-state index contributed by atoms with van der Waals surface area (Å²) in [5.74, 6) is 0.485. The van der Waals surface area contributed by atoms with Crippen LogP contribution >= 0.6 is 23.2 Å². The summed E-state index contributed by atoms with van der Waals surface area (Å²) in [4.78, 5) is 16.9. The Balaban J connectivity index is 1.74. The minimum Gasteiger partial charge on any atom is -0.333 e. The number of amides is 1. The first-order valence-corrected chi connectivity index (χ1v) is 9.63. The topological polar surface area (TPSA) is 52.2 Å². The maximum atomic E-state index is 13.0. The minimum absolute atomic E-state index is 0.0574. The van der Waals surface area contributed by atoms with Crippen molar-refractivity contribution in [3.05, 3.63) is 51.3 Å². The van der Waals surface area contributed by atoms with Crippen molar-refractivity contribution < 1.29 is 4.79 Å². The summed E-state index contributed by atoms with van der Waals surface area (Å²) in [7, 11) is 4.06. The first-order valence-electron chi connectivity index (χ1n) is 8.87. The highest BCUT2D eigenvalue weighted by molar-refractivity contribution is 6.42. The Labute approximate surface area is 164 Å². The molecule has 1 aliphatic rings. The van der Waals surface area contributed by atoms with Crippen LogP contribution in [0, 0.1) is 0 Å². The Kier molecular flexibility index (Phi) is 6.22. The van der Waals surface area contributed by atoms with E-state index in [1.165, 1.54) is 12.8 Å². The largest absolute Gasteiger partial charge is 0.333 e. The second kappa shape index (κ2) is 8.42. The third kappa shape index (κ3) is 5.00. The van der Waals surface area contributed by atoms with Gasteiger partial charge in [0, 0.05) is 24.7 Å². The van der Waals surface area contributed by atoms with Crippen molar-refractivity contribution in [2.45, 2.75) is 31.7 Å². The number of benzene rings is 1. The molecule has 0 unspecified atom stereocenters. The quantitative estimate of drug-likeness (QED) is 0.729. The minimum atomic E-state index is -0.0574. The van der Waals surface area contributed by atoms with Gasteiger partial charge in [0.25, 0.3) is 5.91 Å². The molecule has 0 bridgehead atoms. The summed E-state index contributed by atoms with van der Waals surface area (Å²) in [5.41, 5.74) is 2.50. The van der Waals surface area contributed by atoms with Crippen LogP contribution in [0.4, 0.5) is 0 Å². The zero-order chi connectivity index (χ0) is 18.7. The molecule has 1 fully saturated rings. The lowest BCUT2D eigenvalue weighted by atomic mass is 10.2. The highest BCUT2D eigenvalue weighted by Crippen LogP contribution is 2.39. The van der Waals surface area contributed by atoms with E-state index >= 15 is 0 Å². The van der Waals surface area contributed by atoms with Crippen LogP contribution in [-0.4, -0.2) is 53.1 Å². The Morgan fingerprint density at radius 3 is 2.62 bits per heavy atom. The van der Waals surface area contributed by atoms with E-state index in [9.17, 15) is 4.79 Å². The second-order valence-corrected chi connectivity index (χ2v) is 7.93. The van der Waals surface area contributed by atoms with E-state index < -0.39 is 0 Å². The fourth-order valence-corrected chi connectivity index (χ4v) is 3.22. The van der Waals surface area contributed by atoms with Crippen LogP contribution in [0.2, 0.25) is 10.0 Å². The molecule has 5 nitrogen and oxygen atoms in total. The number of aromatic nitrogens is 2. The van der Waals surface area contributed by atoms with Gasteiger partial charge >= 0.3 is 0 Å². The lowest BCUT2D eigenvalue weighted by Gasteiger charge is -2.23. The molecule has 7 heteroatoms. The summed E-state index contributed by atoms with van der Waals surface area (Å²) < 4.78 is 0. The van der Waals surface area contributed by atoms with Crippen LogP contribution in [0.1, 0.15) is 46.9 Å². The first-order chi connectivity index (χ1) is 12.4. The molecule has 1 aromatic heterocycles. The highest BCUT2D eigenvalue weighted by atomic mass is 35.5. The zero-order valence-electron chi connectivity index (χ0n) is 15.1. The van der Waals surface area contributed by atoms with Gasteiger partial charge in [0.05, 0.1) is 10.0 Å². The third-order valence-corrected chi connectivity index (χ3v) is 5.25. The fraction of sp³-hybridized carbons (Fsp3) is 0.474. The van der Waals surface area contributed by atoms with Crippen LogP contribution in [0.5, 0.6) is 0 Å². The molecule has 2 aromatic rings. The van der Waals surface area contributed by atoms with E-state index in [4.69, 9.17) is 23.2 Å². The van der Waals surface area contributed by atoms with Gasteiger partial charge in [-0.05, 0) is 63.7 Å². The molecule has 0 spiro atoms. The summed E-state index contributed by atoms with van der Waals surface area (Å²) in [6.07, 6.45) is 3.23. The van der Waals surface area contributed by atoms with Gasteiger partial charge in [-0.2, -0.15) is 5.10 Å². The molecule has 1 N–H and O–H groups in total. The summed E-state index contributed by atoms with van der Waals surface area (Å²) in [6.45, 7) is 2.05. The molecule has 0 radical (unpaired) electrons. The van der Waals surface area contributed by atoms with Gasteiger partial charge in [0.2, 0.25) is 0 Å². The molecule has 0 saturated heterocycles. The molecular formula is C19H24Cl2N4O. The number of hydrogen-bond acceptors (Lipinski definition) is 3. The van der Waals surface area contributed by atoms with Crippen molar-refractivity contribution in [2.75, 3.05) is 27.2 Å². The summed E-state index contributed by atoms with van der Waals surface area (Å²) in [5, 5.41) is 8.27. The fourth-order valence-electron chi connectivity index (χ4n) is 2.90. The molecule has 26 heavy (non-hydrogen) atoms. The van der Waals surface area contributed by atoms with Gasteiger partial charge in [-0.25, -0.2) is 0 Å². The van der Waals surface area contributed by atoms with E-state index in [2.05, 4.69) is 15.1 Å². The smallest absolute Gasteiger partial charge is 0.274 e. The van der Waals surface area contributed by atoms with E-state index in [1.807, 2.05) is 37.2 Å². The molecule has 1 amide bonds. The first kappa shape index (κ1) is 19.2. The van der Waals surface area contributed by atoms with Crippen LogP contribution in [-0.2, 0) is 6.54 Å². The van der Waals surface area contributed by atoms with Crippen molar-refractivity contribution in [1.82, 2.24) is 20.0 Å². The SMILES string of the molecule is CN(C)CCCN(Cc1ccc(Cl)c(Cl)c1)C(=O)c1cc(C2CC2)[nH]n1. The Bertz CT molecular complexity index is 771. The normalized spacial score (nSPS) is 14.0. The van der Waals surface area contributed by atoms with Gasteiger partial charge in [0.1, 0.15) is 5.69 Å². The van der Waals surface area contributed by atoms with E-state index in [1.54, 1.807) is 6.07 Å². The molecular weight excluding hydrogens is 371 g/mol. The van der Waals surface area contributed by atoms with E-state index in [0.29, 0.717) is 34.7 Å². The lowest BCUT2D eigenvalue weighted by molar-refractivity contribution is 0.0731. The molecule has 0 aliphatic heterocycles. The molecule has 1 aromatic carbocycles. The van der Waals surface area contributed by atoms with Gasteiger partial charge in [-0.15, -0.1) is 0 Å². The van der Waals surface area contributed by atoms with Crippen LogP contribution in [0.3, 0.4) is 0 Å². The highest BCUT2D eigenvalue weighted by Gasteiger charge is 2.27. The van der Waals surface area contributed by atoms with Gasteiger partial charge in [0.15, 0.2) is 0 Å². The molecule has 1 saturated carbocycles. The number of hydrogen-bond donors (Lipinski definition) is 1. The van der Waals surface area contributed by atoms with Gasteiger partial charge in [-0.3, -0.25) is 9.89 Å². The number of aromatic amines is 1. The molecule has 1 heterocycles. The van der Waals surface area contributed by atoms with Crippen molar-refractivity contribution in [2.24, 2.45) is 0 Å². The Hall–Kier alpha value is -1.56. The molecule has 3 rings (SSSR count). The standard InChI is InChI=1S/C19H24Cl2N4O/c1-24(2)8-3-9-25(12-13-4-7-15(20)16(21)10-13)19(26)18-11-17(22-23-18)14-5-6-14/h4,7,10-11,14H,3,5-6,8-9,12H2,1-2H3,(H,22,23).